The van der Waals surface area contributed by atoms with Crippen LogP contribution in [0.3, 0.4) is 0 Å². The van der Waals surface area contributed by atoms with Gasteiger partial charge in [0.1, 0.15) is 10.3 Å². The Labute approximate surface area is 191 Å². The van der Waals surface area contributed by atoms with E-state index in [4.69, 9.17) is 1.37 Å². The van der Waals surface area contributed by atoms with Gasteiger partial charge in [-0.25, -0.2) is 8.42 Å². The Bertz CT molecular complexity index is 1460. The van der Waals surface area contributed by atoms with Crippen LogP contribution in [0, 0.1) is 18.7 Å². The van der Waals surface area contributed by atoms with E-state index in [1.807, 2.05) is 48.5 Å². The minimum absolute atomic E-state index is 0.00142. The number of H-pyrrole nitrogens is 1. The van der Waals surface area contributed by atoms with Crippen LogP contribution < -0.4 is 4.72 Å². The molecule has 0 fully saturated rings. The number of aromatic amines is 1. The number of para-hydroxylation sites is 1. The molecular weight excluding hydrogens is 444 g/mol. The predicted octanol–water partition coefficient (Wildman–Crippen LogP) is 3.91. The molecule has 2 aromatic heterocycles. The molecule has 0 spiro atoms. The van der Waals surface area contributed by atoms with Crippen LogP contribution in [0.5, 0.6) is 0 Å². The zero-order valence-corrected chi connectivity index (χ0v) is 18.5. The van der Waals surface area contributed by atoms with Crippen molar-refractivity contribution in [3.05, 3.63) is 88.4 Å². The summed E-state index contributed by atoms with van der Waals surface area (Å²) in [6, 6.07) is 16.4. The summed E-state index contributed by atoms with van der Waals surface area (Å²) in [4.78, 5) is 15.4. The molecule has 2 aromatic carbocycles. The van der Waals surface area contributed by atoms with Gasteiger partial charge in [-0.15, -0.1) is 11.3 Å². The second-order valence-electron chi connectivity index (χ2n) is 7.14. The number of aliphatic carboxylic acids is 1. The molecular formula is C24H20N2O4S2. The molecule has 0 saturated heterocycles. The van der Waals surface area contributed by atoms with Crippen LogP contribution in [-0.2, 0) is 21.2 Å². The second-order valence-corrected chi connectivity index (χ2v) is 10.2. The third-order valence-electron chi connectivity index (χ3n) is 4.82. The van der Waals surface area contributed by atoms with E-state index in [2.05, 4.69) is 21.5 Å². The molecule has 6 nitrogen and oxygen atoms in total. The van der Waals surface area contributed by atoms with Crippen LogP contribution >= 0.6 is 11.3 Å². The molecule has 0 aliphatic carbocycles. The molecule has 0 unspecified atom stereocenters. The minimum atomic E-state index is -4.04. The molecule has 0 radical (unpaired) electrons. The van der Waals surface area contributed by atoms with Crippen LogP contribution in [0.1, 0.15) is 22.9 Å². The van der Waals surface area contributed by atoms with Gasteiger partial charge in [0.25, 0.3) is 10.0 Å². The van der Waals surface area contributed by atoms with Crippen molar-refractivity contribution in [3.8, 4) is 11.8 Å². The Kier molecular flexibility index (Phi) is 5.77. The highest BCUT2D eigenvalue weighted by Gasteiger charge is 2.27. The molecule has 8 heteroatoms. The highest BCUT2D eigenvalue weighted by molar-refractivity contribution is 7.91. The smallest absolute Gasteiger partial charge is 0.322 e. The molecule has 32 heavy (non-hydrogen) atoms. The highest BCUT2D eigenvalue weighted by atomic mass is 32.2. The average molecular weight is 466 g/mol. The van der Waals surface area contributed by atoms with E-state index in [0.717, 1.165) is 38.9 Å². The first-order valence-electron chi connectivity index (χ1n) is 10.4. The lowest BCUT2D eigenvalue weighted by Crippen LogP contribution is -2.41. The third kappa shape index (κ3) is 4.92. The topological polar surface area (TPSA) is 99.3 Å². The van der Waals surface area contributed by atoms with E-state index < -0.39 is 22.0 Å². The predicted molar refractivity (Wildman–Crippen MR) is 125 cm³/mol. The largest absolute Gasteiger partial charge is 0.480 e. The lowest BCUT2D eigenvalue weighted by Gasteiger charge is -2.13. The zero-order chi connectivity index (χ0) is 23.4. The van der Waals surface area contributed by atoms with Crippen molar-refractivity contribution in [1.82, 2.24) is 9.71 Å². The van der Waals surface area contributed by atoms with E-state index in [-0.39, 0.29) is 17.5 Å². The first-order valence-corrected chi connectivity index (χ1v) is 12.0. The summed E-state index contributed by atoms with van der Waals surface area (Å²) >= 11 is 0.978. The van der Waals surface area contributed by atoms with Gasteiger partial charge in [-0.1, -0.05) is 47.7 Å². The number of carbonyl (C=O) groups is 1. The molecule has 0 bridgehead atoms. The number of carboxylic acid groups (broad SMARTS) is 1. The van der Waals surface area contributed by atoms with Crippen LogP contribution in [-0.4, -0.2) is 30.5 Å². The van der Waals surface area contributed by atoms with Crippen molar-refractivity contribution in [2.45, 2.75) is 23.6 Å². The Balaban J connectivity index is 1.51. The first kappa shape index (κ1) is 20.5. The van der Waals surface area contributed by atoms with Crippen LogP contribution in [0.2, 0.25) is 0 Å². The Morgan fingerprint density at radius 3 is 2.69 bits per heavy atom. The first-order chi connectivity index (χ1) is 15.9. The summed E-state index contributed by atoms with van der Waals surface area (Å²) in [7, 11) is -4.04. The van der Waals surface area contributed by atoms with Gasteiger partial charge < -0.3 is 10.1 Å². The minimum Gasteiger partial charge on any atom is -0.480 e. The van der Waals surface area contributed by atoms with E-state index in [0.29, 0.717) is 4.88 Å². The van der Waals surface area contributed by atoms with E-state index in [1.165, 1.54) is 6.07 Å². The fourth-order valence-electron chi connectivity index (χ4n) is 3.20. The van der Waals surface area contributed by atoms with Gasteiger partial charge in [-0.05, 0) is 42.8 Å². The molecule has 0 aliphatic heterocycles. The van der Waals surface area contributed by atoms with E-state index >= 15 is 0 Å². The number of benzene rings is 2. The quantitative estimate of drug-likeness (QED) is 0.376. The fourth-order valence-corrected chi connectivity index (χ4v) is 5.56. The molecule has 162 valence electrons. The van der Waals surface area contributed by atoms with Crippen molar-refractivity contribution < 1.29 is 19.7 Å². The highest BCUT2D eigenvalue weighted by Crippen LogP contribution is 2.23. The maximum absolute atomic E-state index is 12.9. The summed E-state index contributed by atoms with van der Waals surface area (Å²) in [6.07, 6.45) is 1.70. The number of thiophene rings is 1. The molecule has 4 rings (SSSR count). The molecule has 3 N–H and O–H groups in total. The van der Waals surface area contributed by atoms with Crippen molar-refractivity contribution in [1.29, 1.82) is 0 Å². The number of sulfonamides is 1. The summed E-state index contributed by atoms with van der Waals surface area (Å²) in [6.45, 7) is 0.199. The number of aromatic nitrogens is 1. The lowest BCUT2D eigenvalue weighted by atomic mass is 10.1. The Morgan fingerprint density at radius 2 is 1.94 bits per heavy atom. The van der Waals surface area contributed by atoms with E-state index in [1.54, 1.807) is 12.3 Å². The summed E-state index contributed by atoms with van der Waals surface area (Å²) in [5.74, 6) is 4.65. The van der Waals surface area contributed by atoms with Gasteiger partial charge in [-0.2, -0.15) is 4.72 Å². The molecule has 0 amide bonds. The fraction of sp³-hybridized carbons (Fsp3) is 0.125. The third-order valence-corrected chi connectivity index (χ3v) is 7.79. The van der Waals surface area contributed by atoms with Crippen molar-refractivity contribution in [2.24, 2.45) is 0 Å². The monoisotopic (exact) mass is 465 g/mol. The van der Waals surface area contributed by atoms with Crippen LogP contribution in [0.15, 0.2) is 71.1 Å². The van der Waals surface area contributed by atoms with Crippen molar-refractivity contribution in [3.63, 3.8) is 0 Å². The number of fused-ring (bicyclic) bond motifs is 1. The van der Waals surface area contributed by atoms with Gasteiger partial charge in [0.15, 0.2) is 0 Å². The number of hydrogen-bond acceptors (Lipinski definition) is 4. The number of aryl methyl sites for hydroxylation is 1. The van der Waals surface area contributed by atoms with Gasteiger partial charge in [0.2, 0.25) is 0 Å². The summed E-state index contributed by atoms with van der Waals surface area (Å²) in [5.41, 5.74) is 3.22. The molecule has 2 heterocycles. The number of rotatable bonds is 6. The normalized spacial score (nSPS) is 12.7. The maximum atomic E-state index is 12.9. The Morgan fingerprint density at radius 1 is 1.16 bits per heavy atom. The molecule has 0 aliphatic rings. The second kappa shape index (κ2) is 9.01. The average Bonchev–Trinajstić information content (AvgIpc) is 3.45. The van der Waals surface area contributed by atoms with Crippen LogP contribution in [0.25, 0.3) is 10.9 Å². The van der Waals surface area contributed by atoms with Crippen molar-refractivity contribution >= 4 is 38.2 Å². The molecule has 4 aromatic rings. The van der Waals surface area contributed by atoms with Gasteiger partial charge in [-0.3, -0.25) is 4.79 Å². The summed E-state index contributed by atoms with van der Waals surface area (Å²) in [5, 5.41) is 10.5. The number of carboxylic acids is 1. The van der Waals surface area contributed by atoms with Crippen LogP contribution in [0.4, 0.5) is 0 Å². The van der Waals surface area contributed by atoms with Gasteiger partial charge in [0.05, 0.1) is 4.88 Å². The van der Waals surface area contributed by atoms with E-state index in [9.17, 15) is 18.3 Å². The maximum Gasteiger partial charge on any atom is 0.322 e. The van der Waals surface area contributed by atoms with Crippen molar-refractivity contribution in [2.75, 3.05) is 0 Å². The molecule has 1 atom stereocenters. The van der Waals surface area contributed by atoms with Gasteiger partial charge >= 0.3 is 5.97 Å². The van der Waals surface area contributed by atoms with Gasteiger partial charge in [0, 0.05) is 30.5 Å². The summed E-state index contributed by atoms with van der Waals surface area (Å²) < 4.78 is 35.4. The zero-order valence-electron chi connectivity index (χ0n) is 17.8. The SMILES string of the molecule is [2H]Cc1ccc(C#Cc2ccc(S(=O)(=O)N[C@H](Cc3c[nH]c4ccccc34)C(=O)O)s2)cc1. The number of nitrogens with one attached hydrogen (secondary N) is 2. The number of hydrogen-bond donors (Lipinski definition) is 3. The Hall–Kier alpha value is -3.38. The standard InChI is InChI=1S/C24H20N2O4S2/c1-16-6-8-17(9-7-16)10-11-19-12-13-23(31-19)32(29,30)26-22(24(27)28)14-18-15-25-21-5-3-2-4-20(18)21/h2-9,12-13,15,22,25-26H,14H2,1H3,(H,27,28)/t22-/m1/s1/i1D. The lowest BCUT2D eigenvalue weighted by molar-refractivity contribution is -0.138. The molecule has 0 saturated carbocycles.